The van der Waals surface area contributed by atoms with Gasteiger partial charge in [0.15, 0.2) is 0 Å². The van der Waals surface area contributed by atoms with Crippen molar-refractivity contribution in [1.82, 2.24) is 10.6 Å². The van der Waals surface area contributed by atoms with Crippen LogP contribution in [0.5, 0.6) is 0 Å². The number of rotatable bonds is 5. The molecule has 0 bridgehead atoms. The first-order chi connectivity index (χ1) is 12.7. The van der Waals surface area contributed by atoms with Crippen LogP contribution in [0.4, 0.5) is 4.79 Å². The van der Waals surface area contributed by atoms with Gasteiger partial charge in [-0.25, -0.2) is 4.79 Å². The number of carbonyl (C=O) groups excluding carboxylic acids is 1. The average Bonchev–Trinajstić information content (AvgIpc) is 2.66. The average molecular weight is 348 g/mol. The second-order valence-corrected chi connectivity index (χ2v) is 7.06. The van der Waals surface area contributed by atoms with E-state index in [0.717, 1.165) is 18.4 Å². The molecule has 0 saturated carbocycles. The summed E-state index contributed by atoms with van der Waals surface area (Å²) in [5.41, 5.74) is 6.40. The first kappa shape index (κ1) is 18.2. The molecule has 1 atom stereocenters. The molecule has 2 aromatic rings. The summed E-state index contributed by atoms with van der Waals surface area (Å²) in [6.45, 7) is 4.16. The van der Waals surface area contributed by atoms with Crippen LogP contribution in [0.1, 0.15) is 60.0 Å². The van der Waals surface area contributed by atoms with Crippen molar-refractivity contribution in [2.24, 2.45) is 0 Å². The first-order valence-corrected chi connectivity index (χ1v) is 9.57. The molecule has 0 spiro atoms. The van der Waals surface area contributed by atoms with Gasteiger partial charge in [0.1, 0.15) is 0 Å². The van der Waals surface area contributed by atoms with Crippen molar-refractivity contribution < 1.29 is 4.79 Å². The SMILES string of the molecule is CCC(NC(=O)N/C=C/c1cccc(C)c1)c1ccc2c(c1)CCCC2. The van der Waals surface area contributed by atoms with Crippen LogP contribution in [-0.4, -0.2) is 6.03 Å². The quantitative estimate of drug-likeness (QED) is 0.757. The summed E-state index contributed by atoms with van der Waals surface area (Å²) in [5, 5.41) is 5.90. The zero-order valence-electron chi connectivity index (χ0n) is 15.7. The minimum absolute atomic E-state index is 0.0367. The summed E-state index contributed by atoms with van der Waals surface area (Å²) in [6.07, 6.45) is 9.38. The number of urea groups is 1. The van der Waals surface area contributed by atoms with Crippen molar-refractivity contribution in [3.63, 3.8) is 0 Å². The van der Waals surface area contributed by atoms with Gasteiger partial charge in [-0.2, -0.15) is 0 Å². The Bertz CT molecular complexity index is 795. The number of hydrogen-bond donors (Lipinski definition) is 2. The van der Waals surface area contributed by atoms with Gasteiger partial charge in [0.25, 0.3) is 0 Å². The Morgan fingerprint density at radius 2 is 1.92 bits per heavy atom. The molecule has 2 amide bonds. The zero-order chi connectivity index (χ0) is 18.4. The van der Waals surface area contributed by atoms with Gasteiger partial charge in [0.2, 0.25) is 0 Å². The van der Waals surface area contributed by atoms with Gasteiger partial charge in [-0.15, -0.1) is 0 Å². The van der Waals surface area contributed by atoms with Crippen molar-refractivity contribution in [1.29, 1.82) is 0 Å². The first-order valence-electron chi connectivity index (χ1n) is 9.57. The van der Waals surface area contributed by atoms with E-state index in [1.54, 1.807) is 6.20 Å². The molecule has 3 nitrogen and oxygen atoms in total. The Labute approximate surface area is 156 Å². The minimum Gasteiger partial charge on any atom is -0.331 e. The van der Waals surface area contributed by atoms with Gasteiger partial charge in [-0.1, -0.05) is 55.0 Å². The third kappa shape index (κ3) is 4.75. The second kappa shape index (κ2) is 8.70. The molecule has 3 heteroatoms. The molecular formula is C23H28N2O. The minimum atomic E-state index is -0.168. The monoisotopic (exact) mass is 348 g/mol. The highest BCUT2D eigenvalue weighted by atomic mass is 16.2. The normalized spacial score (nSPS) is 14.7. The van der Waals surface area contributed by atoms with E-state index in [2.05, 4.69) is 54.8 Å². The highest BCUT2D eigenvalue weighted by Crippen LogP contribution is 2.26. The van der Waals surface area contributed by atoms with Crippen LogP contribution < -0.4 is 10.6 Å². The van der Waals surface area contributed by atoms with E-state index < -0.39 is 0 Å². The summed E-state index contributed by atoms with van der Waals surface area (Å²) in [5.74, 6) is 0. The number of benzene rings is 2. The number of amides is 2. The summed E-state index contributed by atoms with van der Waals surface area (Å²) in [7, 11) is 0. The standard InChI is InChI=1S/C23H28N2O/c1-3-22(21-12-11-19-9-4-5-10-20(19)16-21)25-23(26)24-14-13-18-8-6-7-17(2)15-18/h6-8,11-16,22H,3-5,9-10H2,1-2H3,(H2,24,25,26)/b14-13+. The van der Waals surface area contributed by atoms with Crippen LogP contribution in [0.2, 0.25) is 0 Å². The van der Waals surface area contributed by atoms with Crippen molar-refractivity contribution in [3.8, 4) is 0 Å². The van der Waals surface area contributed by atoms with Gasteiger partial charge in [-0.3, -0.25) is 0 Å². The molecule has 0 aliphatic heterocycles. The summed E-state index contributed by atoms with van der Waals surface area (Å²) in [4.78, 5) is 12.3. The smallest absolute Gasteiger partial charge is 0.319 e. The summed E-state index contributed by atoms with van der Waals surface area (Å²) >= 11 is 0. The highest BCUT2D eigenvalue weighted by Gasteiger charge is 2.15. The molecule has 0 saturated heterocycles. The Morgan fingerprint density at radius 1 is 1.12 bits per heavy atom. The molecule has 1 aliphatic rings. The third-order valence-electron chi connectivity index (χ3n) is 5.02. The number of carbonyl (C=O) groups is 1. The number of nitrogens with one attached hydrogen (secondary N) is 2. The molecule has 136 valence electrons. The molecular weight excluding hydrogens is 320 g/mol. The number of aryl methyl sites for hydroxylation is 3. The molecule has 0 aromatic heterocycles. The molecule has 0 heterocycles. The fourth-order valence-corrected chi connectivity index (χ4v) is 3.58. The summed E-state index contributed by atoms with van der Waals surface area (Å²) in [6, 6.07) is 14.7. The maximum atomic E-state index is 12.3. The Kier molecular flexibility index (Phi) is 6.11. The third-order valence-corrected chi connectivity index (χ3v) is 5.02. The molecule has 26 heavy (non-hydrogen) atoms. The van der Waals surface area contributed by atoms with Crippen LogP contribution >= 0.6 is 0 Å². The van der Waals surface area contributed by atoms with Gasteiger partial charge >= 0.3 is 6.03 Å². The van der Waals surface area contributed by atoms with Crippen molar-refractivity contribution >= 4 is 12.1 Å². The van der Waals surface area contributed by atoms with Gasteiger partial charge in [0, 0.05) is 6.20 Å². The predicted molar refractivity (Wildman–Crippen MR) is 108 cm³/mol. The van der Waals surface area contributed by atoms with Crippen LogP contribution in [0.3, 0.4) is 0 Å². The topological polar surface area (TPSA) is 41.1 Å². The summed E-state index contributed by atoms with van der Waals surface area (Å²) < 4.78 is 0. The van der Waals surface area contributed by atoms with E-state index >= 15 is 0 Å². The highest BCUT2D eigenvalue weighted by molar-refractivity contribution is 5.76. The molecule has 2 N–H and O–H groups in total. The zero-order valence-corrected chi connectivity index (χ0v) is 15.7. The van der Waals surface area contributed by atoms with Crippen LogP contribution in [0.25, 0.3) is 6.08 Å². The van der Waals surface area contributed by atoms with E-state index in [0.29, 0.717) is 0 Å². The molecule has 1 aliphatic carbocycles. The maximum Gasteiger partial charge on any atom is 0.319 e. The van der Waals surface area contributed by atoms with Crippen molar-refractivity contribution in [2.45, 2.75) is 52.0 Å². The van der Waals surface area contributed by atoms with E-state index in [1.165, 1.54) is 41.5 Å². The Balaban J connectivity index is 1.60. The van der Waals surface area contributed by atoms with Gasteiger partial charge < -0.3 is 10.6 Å². The van der Waals surface area contributed by atoms with E-state index in [4.69, 9.17) is 0 Å². The Morgan fingerprint density at radius 3 is 2.69 bits per heavy atom. The van der Waals surface area contributed by atoms with Crippen molar-refractivity contribution in [2.75, 3.05) is 0 Å². The number of hydrogen-bond acceptors (Lipinski definition) is 1. The Hall–Kier alpha value is -2.55. The maximum absolute atomic E-state index is 12.3. The van der Waals surface area contributed by atoms with Crippen molar-refractivity contribution in [3.05, 3.63) is 76.5 Å². The van der Waals surface area contributed by atoms with E-state index in [-0.39, 0.29) is 12.1 Å². The predicted octanol–water partition coefficient (Wildman–Crippen LogP) is 5.30. The fraction of sp³-hybridized carbons (Fsp3) is 0.348. The van der Waals surface area contributed by atoms with Gasteiger partial charge in [0.05, 0.1) is 6.04 Å². The molecule has 0 radical (unpaired) electrons. The lowest BCUT2D eigenvalue weighted by atomic mass is 9.89. The fourth-order valence-electron chi connectivity index (χ4n) is 3.58. The second-order valence-electron chi connectivity index (χ2n) is 7.06. The number of fused-ring (bicyclic) bond motifs is 1. The van der Waals surface area contributed by atoms with Crippen LogP contribution in [0.15, 0.2) is 48.7 Å². The lowest BCUT2D eigenvalue weighted by molar-refractivity contribution is 0.240. The van der Waals surface area contributed by atoms with E-state index in [9.17, 15) is 4.79 Å². The van der Waals surface area contributed by atoms with Gasteiger partial charge in [-0.05, 0) is 67.4 Å². The van der Waals surface area contributed by atoms with Crippen LogP contribution in [-0.2, 0) is 12.8 Å². The molecule has 0 fully saturated rings. The molecule has 2 aromatic carbocycles. The molecule has 3 rings (SSSR count). The van der Waals surface area contributed by atoms with E-state index in [1.807, 2.05) is 18.2 Å². The lowest BCUT2D eigenvalue weighted by Gasteiger charge is -2.21. The molecule has 1 unspecified atom stereocenters. The lowest BCUT2D eigenvalue weighted by Crippen LogP contribution is -2.35. The van der Waals surface area contributed by atoms with Crippen LogP contribution in [0, 0.1) is 6.92 Å². The largest absolute Gasteiger partial charge is 0.331 e.